The number of nitrogens with zero attached hydrogens (tertiary/aromatic N) is 2. The normalized spacial score (nSPS) is 18.3. The largest absolute Gasteiger partial charge is 0.343 e. The molecule has 2 aromatic heterocycles. The van der Waals surface area contributed by atoms with Crippen molar-refractivity contribution >= 4 is 28.8 Å². The van der Waals surface area contributed by atoms with Crippen LogP contribution in [-0.4, -0.2) is 21.1 Å². The van der Waals surface area contributed by atoms with Gasteiger partial charge in [0.25, 0.3) is 0 Å². The highest BCUT2D eigenvalue weighted by molar-refractivity contribution is 7.16. The number of aromatic amines is 1. The van der Waals surface area contributed by atoms with E-state index in [1.54, 1.807) is 0 Å². The first-order valence-corrected chi connectivity index (χ1v) is 7.73. The van der Waals surface area contributed by atoms with Gasteiger partial charge in [0.2, 0.25) is 5.91 Å². The first-order valence-electron chi connectivity index (χ1n) is 6.54. The molecule has 1 aliphatic carbocycles. The van der Waals surface area contributed by atoms with Crippen molar-refractivity contribution in [3.8, 4) is 0 Å². The van der Waals surface area contributed by atoms with E-state index in [1.165, 1.54) is 17.7 Å². The lowest BCUT2D eigenvalue weighted by molar-refractivity contribution is -0.125. The summed E-state index contributed by atoms with van der Waals surface area (Å²) in [6, 6.07) is 3.72. The Hall–Kier alpha value is -1.40. The second-order valence-corrected chi connectivity index (χ2v) is 6.87. The number of H-pyrrole nitrogens is 1. The van der Waals surface area contributed by atoms with Crippen molar-refractivity contribution in [1.82, 2.24) is 20.5 Å². The van der Waals surface area contributed by atoms with Gasteiger partial charge in [-0.2, -0.15) is 5.10 Å². The van der Waals surface area contributed by atoms with Crippen LogP contribution in [0, 0.1) is 0 Å². The molecule has 7 heteroatoms. The molecule has 2 aromatic rings. The lowest BCUT2D eigenvalue weighted by atomic mass is 9.75. The molecule has 106 valence electrons. The average Bonchev–Trinajstić information content (AvgIpc) is 3.03. The Balaban J connectivity index is 1.75. The summed E-state index contributed by atoms with van der Waals surface area (Å²) in [5, 5.41) is 9.89. The first-order chi connectivity index (χ1) is 9.61. The summed E-state index contributed by atoms with van der Waals surface area (Å²) in [6.07, 6.45) is 4.35. The number of carbonyl (C=O) groups is 1. The second kappa shape index (κ2) is 5.18. The highest BCUT2D eigenvalue weighted by Crippen LogP contribution is 2.40. The smallest absolute Gasteiger partial charge is 0.228 e. The number of thiophene rings is 1. The Kier molecular flexibility index (Phi) is 3.52. The van der Waals surface area contributed by atoms with Gasteiger partial charge >= 0.3 is 0 Å². The molecule has 1 atom stereocenters. The fourth-order valence-corrected chi connectivity index (χ4v) is 3.53. The summed E-state index contributed by atoms with van der Waals surface area (Å²) < 4.78 is 0.702. The number of aromatic nitrogens is 3. The molecule has 0 saturated heterocycles. The van der Waals surface area contributed by atoms with Gasteiger partial charge in [-0.25, -0.2) is 4.98 Å². The monoisotopic (exact) mass is 310 g/mol. The van der Waals surface area contributed by atoms with E-state index >= 15 is 0 Å². The number of amides is 1. The average molecular weight is 311 g/mol. The van der Waals surface area contributed by atoms with Crippen LogP contribution in [0.4, 0.5) is 0 Å². The quantitative estimate of drug-likeness (QED) is 0.912. The SMILES string of the molecule is CC(C(=O)NC1(c2ncn[nH]2)CCC1)c1ccc(Cl)s1. The highest BCUT2D eigenvalue weighted by atomic mass is 35.5. The maximum atomic E-state index is 12.4. The van der Waals surface area contributed by atoms with E-state index < -0.39 is 0 Å². The van der Waals surface area contributed by atoms with Crippen LogP contribution in [0.25, 0.3) is 0 Å². The summed E-state index contributed by atoms with van der Waals surface area (Å²) >= 11 is 7.37. The van der Waals surface area contributed by atoms with Gasteiger partial charge in [-0.05, 0) is 38.3 Å². The van der Waals surface area contributed by atoms with Crippen molar-refractivity contribution in [1.29, 1.82) is 0 Å². The van der Waals surface area contributed by atoms with Crippen molar-refractivity contribution in [2.75, 3.05) is 0 Å². The van der Waals surface area contributed by atoms with Crippen LogP contribution < -0.4 is 5.32 Å². The number of halogens is 1. The lowest BCUT2D eigenvalue weighted by Gasteiger charge is -2.41. The molecular weight excluding hydrogens is 296 g/mol. The van der Waals surface area contributed by atoms with Crippen molar-refractivity contribution in [2.45, 2.75) is 37.6 Å². The van der Waals surface area contributed by atoms with E-state index in [9.17, 15) is 4.79 Å². The standard InChI is InChI=1S/C13H15ClN4OS/c1-8(9-3-4-10(14)20-9)11(19)17-13(5-2-6-13)12-15-7-16-18-12/h3-4,7-8H,2,5-6H2,1H3,(H,17,19)(H,15,16,18). The van der Waals surface area contributed by atoms with Crippen LogP contribution in [-0.2, 0) is 10.3 Å². The predicted octanol–water partition coefficient (Wildman–Crippen LogP) is 2.82. The minimum atomic E-state index is -0.372. The minimum Gasteiger partial charge on any atom is -0.343 e. The van der Waals surface area contributed by atoms with Gasteiger partial charge in [-0.15, -0.1) is 11.3 Å². The molecule has 1 fully saturated rings. The van der Waals surface area contributed by atoms with E-state index in [1.807, 2.05) is 19.1 Å². The third kappa shape index (κ3) is 2.33. The summed E-state index contributed by atoms with van der Waals surface area (Å²) in [5.41, 5.74) is -0.372. The number of hydrogen-bond acceptors (Lipinski definition) is 4. The van der Waals surface area contributed by atoms with Crippen molar-refractivity contribution in [3.63, 3.8) is 0 Å². The third-order valence-electron chi connectivity index (χ3n) is 3.85. The fraction of sp³-hybridized carbons (Fsp3) is 0.462. The van der Waals surface area contributed by atoms with Gasteiger partial charge in [-0.3, -0.25) is 9.89 Å². The Morgan fingerprint density at radius 2 is 2.35 bits per heavy atom. The molecule has 0 spiro atoms. The van der Waals surface area contributed by atoms with Crippen LogP contribution in [0.5, 0.6) is 0 Å². The fourth-order valence-electron chi connectivity index (χ4n) is 2.42. The molecule has 1 aliphatic rings. The Morgan fingerprint density at radius 1 is 1.55 bits per heavy atom. The molecule has 0 aliphatic heterocycles. The maximum Gasteiger partial charge on any atom is 0.228 e. The van der Waals surface area contributed by atoms with E-state index in [0.29, 0.717) is 4.34 Å². The first kappa shape index (κ1) is 13.6. The minimum absolute atomic E-state index is 0.000355. The Labute approximate surface area is 125 Å². The van der Waals surface area contributed by atoms with Crippen LogP contribution in [0.3, 0.4) is 0 Å². The van der Waals surface area contributed by atoms with E-state index in [-0.39, 0.29) is 17.4 Å². The van der Waals surface area contributed by atoms with Gasteiger partial charge in [0, 0.05) is 4.88 Å². The van der Waals surface area contributed by atoms with Gasteiger partial charge < -0.3 is 5.32 Å². The Morgan fingerprint density at radius 3 is 2.85 bits per heavy atom. The van der Waals surface area contributed by atoms with E-state index in [2.05, 4.69) is 20.5 Å². The summed E-state index contributed by atoms with van der Waals surface area (Å²) in [4.78, 5) is 17.6. The maximum absolute atomic E-state index is 12.4. The van der Waals surface area contributed by atoms with Gasteiger partial charge in [-0.1, -0.05) is 11.6 Å². The summed E-state index contributed by atoms with van der Waals surface area (Å²) in [5.74, 6) is 0.529. The van der Waals surface area contributed by atoms with Crippen LogP contribution in [0.2, 0.25) is 4.34 Å². The molecule has 2 N–H and O–H groups in total. The number of rotatable bonds is 4. The molecule has 5 nitrogen and oxygen atoms in total. The molecule has 1 saturated carbocycles. The van der Waals surface area contributed by atoms with E-state index in [4.69, 9.17) is 11.6 Å². The van der Waals surface area contributed by atoms with Gasteiger partial charge in [0.15, 0.2) is 0 Å². The molecule has 0 bridgehead atoms. The number of hydrogen-bond donors (Lipinski definition) is 2. The van der Waals surface area contributed by atoms with Crippen LogP contribution >= 0.6 is 22.9 Å². The van der Waals surface area contributed by atoms with Crippen LogP contribution in [0.1, 0.15) is 42.8 Å². The molecule has 1 unspecified atom stereocenters. The van der Waals surface area contributed by atoms with Gasteiger partial charge in [0.1, 0.15) is 12.2 Å². The zero-order valence-electron chi connectivity index (χ0n) is 11.0. The van der Waals surface area contributed by atoms with Gasteiger partial charge in [0.05, 0.1) is 15.8 Å². The zero-order chi connectivity index (χ0) is 14.2. The third-order valence-corrected chi connectivity index (χ3v) is 5.27. The van der Waals surface area contributed by atoms with Crippen molar-refractivity contribution in [3.05, 3.63) is 33.5 Å². The lowest BCUT2D eigenvalue weighted by Crippen LogP contribution is -2.52. The van der Waals surface area contributed by atoms with E-state index in [0.717, 1.165) is 30.0 Å². The number of nitrogens with one attached hydrogen (secondary N) is 2. The summed E-state index contributed by atoms with van der Waals surface area (Å²) in [7, 11) is 0. The topological polar surface area (TPSA) is 70.7 Å². The molecule has 0 radical (unpaired) electrons. The second-order valence-electron chi connectivity index (χ2n) is 5.12. The highest BCUT2D eigenvalue weighted by Gasteiger charge is 2.43. The summed E-state index contributed by atoms with van der Waals surface area (Å²) in [6.45, 7) is 1.89. The Bertz CT molecular complexity index is 606. The number of carbonyl (C=O) groups excluding carboxylic acids is 1. The molecule has 2 heterocycles. The predicted molar refractivity (Wildman–Crippen MR) is 77.8 cm³/mol. The molecule has 3 rings (SSSR count). The van der Waals surface area contributed by atoms with Crippen molar-refractivity contribution in [2.24, 2.45) is 0 Å². The van der Waals surface area contributed by atoms with Crippen LogP contribution in [0.15, 0.2) is 18.5 Å². The molecule has 20 heavy (non-hydrogen) atoms. The molecule has 0 aromatic carbocycles. The van der Waals surface area contributed by atoms with Crippen molar-refractivity contribution < 1.29 is 4.79 Å². The zero-order valence-corrected chi connectivity index (χ0v) is 12.6. The molecular formula is C13H15ClN4OS. The molecule has 1 amide bonds.